The van der Waals surface area contributed by atoms with Gasteiger partial charge in [0.25, 0.3) is 5.79 Å². The zero-order chi connectivity index (χ0) is 20.3. The van der Waals surface area contributed by atoms with Crippen molar-refractivity contribution < 1.29 is 27.8 Å². The van der Waals surface area contributed by atoms with Gasteiger partial charge in [0.1, 0.15) is 0 Å². The van der Waals surface area contributed by atoms with E-state index in [9.17, 15) is 18.4 Å². The Morgan fingerprint density at radius 1 is 1.04 bits per heavy atom. The molecule has 2 aromatic carbocycles. The first kappa shape index (κ1) is 20.0. The minimum absolute atomic E-state index is 0.0320. The van der Waals surface area contributed by atoms with Gasteiger partial charge in [-0.05, 0) is 18.2 Å². The van der Waals surface area contributed by atoms with Crippen molar-refractivity contribution in [1.82, 2.24) is 0 Å². The van der Waals surface area contributed by atoms with Gasteiger partial charge in [0.15, 0.2) is 11.6 Å². The van der Waals surface area contributed by atoms with Crippen LogP contribution in [-0.2, 0) is 24.8 Å². The number of aliphatic imine (C=N–C) groups is 1. The van der Waals surface area contributed by atoms with Crippen LogP contribution in [0, 0.1) is 17.6 Å². The summed E-state index contributed by atoms with van der Waals surface area (Å²) in [5.41, 5.74) is 0.582. The maximum Gasteiger partial charge on any atom is 0.330 e. The molecule has 1 aliphatic rings. The fraction of sp³-hybridized carbons (Fsp3) is 0.250. The standard InChI is InChI=1S/C20H17F2NO4S/c1-20(2)26-18(24)15(19(25)27-20)17(23-13-8-4-3-5-9-13)28-11-12-7-6-10-14(21)16(12)22/h3-10,15H,11H2,1-2H3. The molecule has 1 fully saturated rings. The zero-order valence-electron chi connectivity index (χ0n) is 15.1. The van der Waals surface area contributed by atoms with E-state index in [1.54, 1.807) is 30.3 Å². The lowest BCUT2D eigenvalue weighted by Gasteiger charge is -2.33. The van der Waals surface area contributed by atoms with Crippen molar-refractivity contribution in [3.8, 4) is 0 Å². The second-order valence-corrected chi connectivity index (χ2v) is 7.46. The number of carbonyl (C=O) groups excluding carboxylic acids is 2. The number of benzene rings is 2. The highest BCUT2D eigenvalue weighted by Crippen LogP contribution is 2.31. The maximum atomic E-state index is 14.0. The molecular weight excluding hydrogens is 388 g/mol. The smallest absolute Gasteiger partial charge is 0.330 e. The van der Waals surface area contributed by atoms with Crippen LogP contribution in [0.4, 0.5) is 14.5 Å². The third-order valence-electron chi connectivity index (χ3n) is 3.81. The van der Waals surface area contributed by atoms with Crippen LogP contribution in [0.25, 0.3) is 0 Å². The van der Waals surface area contributed by atoms with Crippen LogP contribution in [0.15, 0.2) is 53.5 Å². The first-order valence-electron chi connectivity index (χ1n) is 8.42. The monoisotopic (exact) mass is 405 g/mol. The lowest BCUT2D eigenvalue weighted by molar-refractivity contribution is -0.235. The molecule has 146 valence electrons. The highest BCUT2D eigenvalue weighted by atomic mass is 32.2. The van der Waals surface area contributed by atoms with E-state index in [0.29, 0.717) is 5.69 Å². The van der Waals surface area contributed by atoms with Crippen LogP contribution in [0.2, 0.25) is 0 Å². The van der Waals surface area contributed by atoms with Crippen LogP contribution >= 0.6 is 11.8 Å². The predicted molar refractivity (Wildman–Crippen MR) is 101 cm³/mol. The summed E-state index contributed by atoms with van der Waals surface area (Å²) in [6.07, 6.45) is 0. The average Bonchev–Trinajstić information content (AvgIpc) is 2.62. The number of carbonyl (C=O) groups is 2. The third kappa shape index (κ3) is 4.56. The molecule has 0 amide bonds. The number of cyclic esters (lactones) is 2. The molecule has 0 spiro atoms. The molecule has 5 nitrogen and oxygen atoms in total. The number of para-hydroxylation sites is 1. The molecule has 1 saturated heterocycles. The molecule has 2 aromatic rings. The number of halogens is 2. The molecule has 1 heterocycles. The first-order valence-corrected chi connectivity index (χ1v) is 9.40. The van der Waals surface area contributed by atoms with Crippen molar-refractivity contribution in [2.24, 2.45) is 10.9 Å². The highest BCUT2D eigenvalue weighted by Gasteiger charge is 2.46. The first-order chi connectivity index (χ1) is 13.3. The van der Waals surface area contributed by atoms with E-state index in [0.717, 1.165) is 17.8 Å². The number of thioether (sulfide) groups is 1. The van der Waals surface area contributed by atoms with Crippen LogP contribution in [0.5, 0.6) is 0 Å². The molecule has 0 aliphatic carbocycles. The lowest BCUT2D eigenvalue weighted by Crippen LogP contribution is -2.48. The molecule has 3 rings (SSSR count). The maximum absolute atomic E-state index is 14.0. The summed E-state index contributed by atoms with van der Waals surface area (Å²) < 4.78 is 37.7. The topological polar surface area (TPSA) is 65.0 Å². The van der Waals surface area contributed by atoms with Crippen molar-refractivity contribution >= 4 is 34.4 Å². The van der Waals surface area contributed by atoms with Gasteiger partial charge in [-0.3, -0.25) is 9.59 Å². The van der Waals surface area contributed by atoms with Gasteiger partial charge in [-0.15, -0.1) is 11.8 Å². The van der Waals surface area contributed by atoms with Gasteiger partial charge in [0.2, 0.25) is 5.92 Å². The summed E-state index contributed by atoms with van der Waals surface area (Å²) >= 11 is 0.948. The van der Waals surface area contributed by atoms with Crippen LogP contribution in [0.3, 0.4) is 0 Å². The molecule has 0 N–H and O–H groups in total. The van der Waals surface area contributed by atoms with Crippen LogP contribution in [0.1, 0.15) is 19.4 Å². The second-order valence-electron chi connectivity index (χ2n) is 6.46. The fourth-order valence-corrected chi connectivity index (χ4v) is 3.60. The molecule has 0 unspecified atom stereocenters. The summed E-state index contributed by atoms with van der Waals surface area (Å²) in [7, 11) is 0. The van der Waals surface area contributed by atoms with E-state index in [1.165, 1.54) is 26.0 Å². The fourth-order valence-electron chi connectivity index (χ4n) is 2.54. The minimum atomic E-state index is -1.39. The van der Waals surface area contributed by atoms with E-state index in [4.69, 9.17) is 9.47 Å². The average molecular weight is 405 g/mol. The number of hydrogen-bond donors (Lipinski definition) is 0. The molecule has 1 aliphatic heterocycles. The SMILES string of the molecule is CC1(C)OC(=O)C(C(=Nc2ccccc2)SCc2cccc(F)c2F)C(=O)O1. The third-order valence-corrected chi connectivity index (χ3v) is 4.89. The molecule has 8 heteroatoms. The molecule has 0 bridgehead atoms. The summed E-state index contributed by atoms with van der Waals surface area (Å²) in [5, 5.41) is 0.0837. The van der Waals surface area contributed by atoms with Gasteiger partial charge in [0, 0.05) is 25.2 Å². The lowest BCUT2D eigenvalue weighted by atomic mass is 10.1. The van der Waals surface area contributed by atoms with Gasteiger partial charge in [-0.2, -0.15) is 0 Å². The zero-order valence-corrected chi connectivity index (χ0v) is 16.0. The van der Waals surface area contributed by atoms with Gasteiger partial charge in [-0.1, -0.05) is 30.3 Å². The van der Waals surface area contributed by atoms with Gasteiger partial charge >= 0.3 is 11.9 Å². The van der Waals surface area contributed by atoms with Crippen molar-refractivity contribution in [3.63, 3.8) is 0 Å². The van der Waals surface area contributed by atoms with Crippen LogP contribution in [-0.4, -0.2) is 22.8 Å². The van der Waals surface area contributed by atoms with E-state index >= 15 is 0 Å². The number of rotatable bonds is 4. The van der Waals surface area contributed by atoms with Crippen LogP contribution < -0.4 is 0 Å². The number of esters is 2. The van der Waals surface area contributed by atoms with Gasteiger partial charge in [0.05, 0.1) is 10.7 Å². The summed E-state index contributed by atoms with van der Waals surface area (Å²) in [5.74, 6) is -6.36. The molecule has 0 atom stereocenters. The number of hydrogen-bond acceptors (Lipinski definition) is 6. The molecule has 0 saturated carbocycles. The Morgan fingerprint density at radius 3 is 2.32 bits per heavy atom. The van der Waals surface area contributed by atoms with Crippen molar-refractivity contribution in [2.45, 2.75) is 25.4 Å². The Balaban J connectivity index is 1.92. The highest BCUT2D eigenvalue weighted by molar-refractivity contribution is 8.13. The van der Waals surface area contributed by atoms with E-state index in [1.807, 2.05) is 0 Å². The Labute approximate surface area is 164 Å². The summed E-state index contributed by atoms with van der Waals surface area (Å²) in [6, 6.07) is 12.5. The quantitative estimate of drug-likeness (QED) is 0.327. The normalized spacial score (nSPS) is 17.2. The van der Waals surface area contributed by atoms with Gasteiger partial charge < -0.3 is 9.47 Å². The molecule has 0 radical (unpaired) electrons. The predicted octanol–water partition coefficient (Wildman–Crippen LogP) is 4.38. The van der Waals surface area contributed by atoms with E-state index in [2.05, 4.69) is 4.99 Å². The van der Waals surface area contributed by atoms with E-state index in [-0.39, 0.29) is 16.4 Å². The van der Waals surface area contributed by atoms with E-state index < -0.39 is 35.3 Å². The largest absolute Gasteiger partial charge is 0.422 e. The number of nitrogens with zero attached hydrogens (tertiary/aromatic N) is 1. The molecule has 0 aromatic heterocycles. The van der Waals surface area contributed by atoms with Crippen molar-refractivity contribution in [3.05, 3.63) is 65.7 Å². The Morgan fingerprint density at radius 2 is 1.68 bits per heavy atom. The Hall–Kier alpha value is -2.74. The molecule has 28 heavy (non-hydrogen) atoms. The minimum Gasteiger partial charge on any atom is -0.422 e. The van der Waals surface area contributed by atoms with Gasteiger partial charge in [-0.25, -0.2) is 13.8 Å². The summed E-state index contributed by atoms with van der Waals surface area (Å²) in [4.78, 5) is 29.2. The Bertz CT molecular complexity index is 911. The summed E-state index contributed by atoms with van der Waals surface area (Å²) in [6.45, 7) is 2.89. The molecular formula is C20H17F2NO4S. The number of ether oxygens (including phenoxy) is 2. The Kier molecular flexibility index (Phi) is 5.79. The van der Waals surface area contributed by atoms with Crippen molar-refractivity contribution in [2.75, 3.05) is 0 Å². The second kappa shape index (κ2) is 8.10. The van der Waals surface area contributed by atoms with Crippen molar-refractivity contribution in [1.29, 1.82) is 0 Å².